The number of aromatic nitrogens is 2. The number of carbonyl (C=O) groups is 1. The minimum absolute atomic E-state index is 0. The molecule has 126 valence electrons. The summed E-state index contributed by atoms with van der Waals surface area (Å²) in [5, 5.41) is 9.50. The lowest BCUT2D eigenvalue weighted by atomic mass is 10.0. The Balaban J connectivity index is 0.00000264. The highest BCUT2D eigenvalue weighted by Gasteiger charge is 2.20. The van der Waals surface area contributed by atoms with Crippen molar-refractivity contribution in [3.05, 3.63) is 41.7 Å². The second kappa shape index (κ2) is 9.50. The number of H-pyrrole nitrogens is 1. The molecule has 23 heavy (non-hydrogen) atoms. The van der Waals surface area contributed by atoms with Crippen molar-refractivity contribution in [1.82, 2.24) is 4.98 Å². The van der Waals surface area contributed by atoms with Crippen LogP contribution in [0.1, 0.15) is 55.5 Å². The first kappa shape index (κ1) is 19.4. The molecule has 0 aliphatic heterocycles. The van der Waals surface area contributed by atoms with Crippen molar-refractivity contribution >= 4 is 5.97 Å². The van der Waals surface area contributed by atoms with E-state index in [0.29, 0.717) is 5.56 Å². The summed E-state index contributed by atoms with van der Waals surface area (Å²) < 4.78 is 2.11. The first-order valence-corrected chi connectivity index (χ1v) is 8.10. The fraction of sp³-hybridized carbons (Fsp3) is 0.444. The Bertz CT molecular complexity index is 638. The maximum atomic E-state index is 11.6. The molecule has 0 bridgehead atoms. The van der Waals surface area contributed by atoms with E-state index < -0.39 is 5.97 Å². The van der Waals surface area contributed by atoms with Crippen LogP contribution in [0.15, 0.2) is 30.6 Å². The maximum Gasteiger partial charge on any atom is 0.336 e. The zero-order chi connectivity index (χ0) is 15.9. The van der Waals surface area contributed by atoms with E-state index in [1.165, 1.54) is 19.3 Å². The zero-order valence-corrected chi connectivity index (χ0v) is 15.4. The number of hydrogen-bond donors (Lipinski definition) is 2. The number of hydrogen-bond acceptors (Lipinski definition) is 1. The molecule has 0 amide bonds. The first-order chi connectivity index (χ1) is 10.7. The molecule has 0 atom stereocenters. The second-order valence-corrected chi connectivity index (χ2v) is 5.60. The van der Waals surface area contributed by atoms with Gasteiger partial charge in [-0.25, -0.2) is 14.3 Å². The zero-order valence-electron chi connectivity index (χ0n) is 13.8. The third kappa shape index (κ3) is 4.93. The van der Waals surface area contributed by atoms with Crippen LogP contribution in [0, 0.1) is 0 Å². The lowest BCUT2D eigenvalue weighted by Crippen LogP contribution is -3.00. The summed E-state index contributed by atoms with van der Waals surface area (Å²) in [7, 11) is 0. The number of aryl methyl sites for hydroxylation is 2. The number of aromatic amines is 1. The van der Waals surface area contributed by atoms with Gasteiger partial charge in [0.2, 0.25) is 0 Å². The largest absolute Gasteiger partial charge is 1.00 e. The third-order valence-electron chi connectivity index (χ3n) is 3.99. The van der Waals surface area contributed by atoms with Gasteiger partial charge >= 0.3 is 5.97 Å². The maximum absolute atomic E-state index is 11.6. The average Bonchev–Trinajstić information content (AvgIpc) is 2.99. The number of halogens is 1. The van der Waals surface area contributed by atoms with Crippen LogP contribution in [0.3, 0.4) is 0 Å². The molecule has 2 aromatic rings. The van der Waals surface area contributed by atoms with Crippen molar-refractivity contribution < 1.29 is 31.4 Å². The van der Waals surface area contributed by atoms with E-state index in [9.17, 15) is 9.90 Å². The van der Waals surface area contributed by atoms with E-state index in [2.05, 4.69) is 16.5 Å². The summed E-state index contributed by atoms with van der Waals surface area (Å²) in [5.74, 6) is -0.00557. The van der Waals surface area contributed by atoms with Crippen molar-refractivity contribution in [3.8, 4) is 11.4 Å². The molecule has 0 radical (unpaired) electrons. The Hall–Kier alpha value is -1.62. The van der Waals surface area contributed by atoms with Crippen molar-refractivity contribution in [1.29, 1.82) is 0 Å². The minimum Gasteiger partial charge on any atom is -1.00 e. The molecule has 4 nitrogen and oxygen atoms in total. The molecule has 0 saturated heterocycles. The van der Waals surface area contributed by atoms with Gasteiger partial charge in [-0.3, -0.25) is 0 Å². The Kier molecular flexibility index (Phi) is 8.03. The van der Waals surface area contributed by atoms with Gasteiger partial charge in [-0.2, -0.15) is 0 Å². The quantitative estimate of drug-likeness (QED) is 0.526. The molecule has 0 fully saturated rings. The molecule has 2 rings (SSSR count). The van der Waals surface area contributed by atoms with Crippen LogP contribution in [0.5, 0.6) is 0 Å². The van der Waals surface area contributed by atoms with Gasteiger partial charge < -0.3 is 22.1 Å². The summed E-state index contributed by atoms with van der Waals surface area (Å²) in [6.45, 7) is 5.14. The minimum atomic E-state index is -0.877. The smallest absolute Gasteiger partial charge is 0.336 e. The Morgan fingerprint density at radius 1 is 1.22 bits per heavy atom. The topological polar surface area (TPSA) is 57.0 Å². The molecule has 0 aliphatic rings. The van der Waals surface area contributed by atoms with Crippen LogP contribution < -0.4 is 21.5 Å². The van der Waals surface area contributed by atoms with E-state index in [1.807, 2.05) is 31.5 Å². The van der Waals surface area contributed by atoms with Crippen LogP contribution in [-0.2, 0) is 13.0 Å². The number of nitrogens with zero attached hydrogens (tertiary/aromatic N) is 1. The van der Waals surface area contributed by atoms with Gasteiger partial charge in [-0.15, -0.1) is 0 Å². The third-order valence-corrected chi connectivity index (χ3v) is 3.99. The van der Waals surface area contributed by atoms with Crippen LogP contribution in [0.25, 0.3) is 11.4 Å². The van der Waals surface area contributed by atoms with Gasteiger partial charge in [-0.1, -0.05) is 32.8 Å². The molecule has 0 saturated carbocycles. The predicted molar refractivity (Wildman–Crippen MR) is 86.9 cm³/mol. The van der Waals surface area contributed by atoms with Crippen LogP contribution in [-0.4, -0.2) is 16.1 Å². The molecule has 1 heterocycles. The number of carboxylic acids is 1. The van der Waals surface area contributed by atoms with Gasteiger partial charge in [-0.05, 0) is 37.0 Å². The fourth-order valence-corrected chi connectivity index (χ4v) is 2.69. The normalized spacial score (nSPS) is 10.3. The van der Waals surface area contributed by atoms with Crippen LogP contribution >= 0.6 is 0 Å². The lowest BCUT2D eigenvalue weighted by molar-refractivity contribution is -0.685. The Morgan fingerprint density at radius 2 is 2.00 bits per heavy atom. The fourth-order valence-electron chi connectivity index (χ4n) is 2.69. The van der Waals surface area contributed by atoms with Gasteiger partial charge in [0.25, 0.3) is 5.82 Å². The standard InChI is InChI=1S/C18H24N2O2.BrH/c1-3-5-6-7-11-20-12-10-19-17(20)15-9-8-14(4-2)13-16(15)18(21)22;/h8-10,12-13H,3-7,11H2,1-2H3,(H,21,22);1H. The van der Waals surface area contributed by atoms with Crippen molar-refractivity contribution in [2.24, 2.45) is 0 Å². The number of carboxylic acid groups (broad SMARTS) is 1. The number of aromatic carboxylic acids is 1. The molecular weight excluding hydrogens is 356 g/mol. The highest BCUT2D eigenvalue weighted by atomic mass is 79.9. The van der Waals surface area contributed by atoms with Crippen LogP contribution in [0.4, 0.5) is 0 Å². The predicted octanol–water partition coefficient (Wildman–Crippen LogP) is 0.814. The van der Waals surface area contributed by atoms with Crippen LogP contribution in [0.2, 0.25) is 0 Å². The van der Waals surface area contributed by atoms with Gasteiger partial charge in [0, 0.05) is 0 Å². The molecular formula is C18H25BrN2O2. The second-order valence-electron chi connectivity index (χ2n) is 5.60. The summed E-state index contributed by atoms with van der Waals surface area (Å²) in [6, 6.07) is 5.70. The molecule has 0 spiro atoms. The Labute approximate surface area is 148 Å². The molecule has 2 N–H and O–H groups in total. The van der Waals surface area contributed by atoms with E-state index in [0.717, 1.165) is 36.3 Å². The molecule has 1 aromatic heterocycles. The van der Waals surface area contributed by atoms with E-state index in [-0.39, 0.29) is 17.0 Å². The Morgan fingerprint density at radius 3 is 2.65 bits per heavy atom. The molecule has 0 aliphatic carbocycles. The SMILES string of the molecule is CCCCCC[n+]1cc[nH]c1-c1ccc(CC)cc1C(=O)O.[Br-]. The first-order valence-electron chi connectivity index (χ1n) is 8.10. The molecule has 1 aromatic carbocycles. The molecule has 0 unspecified atom stereocenters. The number of rotatable bonds is 8. The van der Waals surface area contributed by atoms with Gasteiger partial charge in [0.05, 0.1) is 17.7 Å². The average molecular weight is 381 g/mol. The van der Waals surface area contributed by atoms with Crippen molar-refractivity contribution in [3.63, 3.8) is 0 Å². The van der Waals surface area contributed by atoms with Crippen molar-refractivity contribution in [2.75, 3.05) is 0 Å². The highest BCUT2D eigenvalue weighted by molar-refractivity contribution is 5.94. The monoisotopic (exact) mass is 380 g/mol. The van der Waals surface area contributed by atoms with Gasteiger partial charge in [0.1, 0.15) is 12.4 Å². The van der Waals surface area contributed by atoms with E-state index in [1.54, 1.807) is 6.07 Å². The lowest BCUT2D eigenvalue weighted by Gasteiger charge is -2.06. The number of nitrogens with one attached hydrogen (secondary N) is 1. The number of imidazole rings is 1. The summed E-state index contributed by atoms with van der Waals surface area (Å²) in [4.78, 5) is 14.8. The summed E-state index contributed by atoms with van der Waals surface area (Å²) >= 11 is 0. The highest BCUT2D eigenvalue weighted by Crippen LogP contribution is 2.21. The van der Waals surface area contributed by atoms with Crippen molar-refractivity contribution in [2.45, 2.75) is 52.5 Å². The van der Waals surface area contributed by atoms with Gasteiger partial charge in [0.15, 0.2) is 0 Å². The summed E-state index contributed by atoms with van der Waals surface area (Å²) in [6.07, 6.45) is 9.46. The van der Waals surface area contributed by atoms with E-state index in [4.69, 9.17) is 0 Å². The van der Waals surface area contributed by atoms with E-state index >= 15 is 0 Å². The number of benzene rings is 1. The molecule has 5 heteroatoms. The number of unbranched alkanes of at least 4 members (excludes halogenated alkanes) is 3. The summed E-state index contributed by atoms with van der Waals surface area (Å²) in [5.41, 5.74) is 2.16.